The highest BCUT2D eigenvalue weighted by Gasteiger charge is 2.19. The standard InChI is InChI=1S/C19H23FN4O4/c1-27-12-18(26)22-16(13-2-4-14(20)5-3-13)10-15-11-17(25)23-19(21-15)24-6-8-28-9-7-24/h2-5,11,16H,6-10,12H2,1H3,(H,22,26)(H,21,23,25)/t16-/m0/s1. The predicted octanol–water partition coefficient (Wildman–Crippen LogP) is 0.792. The fraction of sp³-hybridized carbons (Fsp3) is 0.421. The number of nitrogens with zero attached hydrogens (tertiary/aromatic N) is 2. The minimum absolute atomic E-state index is 0.0977. The number of benzene rings is 1. The average Bonchev–Trinajstić information content (AvgIpc) is 2.68. The van der Waals surface area contributed by atoms with Crippen molar-refractivity contribution in [1.82, 2.24) is 15.3 Å². The van der Waals surface area contributed by atoms with Gasteiger partial charge < -0.3 is 19.7 Å². The molecule has 1 aliphatic heterocycles. The van der Waals surface area contributed by atoms with Crippen LogP contribution in [0.25, 0.3) is 0 Å². The van der Waals surface area contributed by atoms with Crippen LogP contribution in [0.3, 0.4) is 0 Å². The van der Waals surface area contributed by atoms with Crippen LogP contribution in [0.4, 0.5) is 10.3 Å². The first kappa shape index (κ1) is 20.0. The van der Waals surface area contributed by atoms with Crippen LogP contribution < -0.4 is 15.8 Å². The van der Waals surface area contributed by atoms with Crippen LogP contribution in [0.1, 0.15) is 17.3 Å². The van der Waals surface area contributed by atoms with Crippen molar-refractivity contribution in [1.29, 1.82) is 0 Å². The van der Waals surface area contributed by atoms with E-state index < -0.39 is 6.04 Å². The summed E-state index contributed by atoms with van der Waals surface area (Å²) >= 11 is 0. The lowest BCUT2D eigenvalue weighted by atomic mass is 10.0. The van der Waals surface area contributed by atoms with E-state index in [-0.39, 0.29) is 30.3 Å². The number of hydrogen-bond acceptors (Lipinski definition) is 6. The van der Waals surface area contributed by atoms with Crippen LogP contribution in [-0.4, -0.2) is 55.9 Å². The summed E-state index contributed by atoms with van der Waals surface area (Å²) in [4.78, 5) is 33.4. The Kier molecular flexibility index (Phi) is 6.72. The predicted molar refractivity (Wildman–Crippen MR) is 101 cm³/mol. The number of rotatable bonds is 7. The summed E-state index contributed by atoms with van der Waals surface area (Å²) in [6, 6.07) is 6.79. The van der Waals surface area contributed by atoms with Gasteiger partial charge in [-0.1, -0.05) is 12.1 Å². The molecule has 1 fully saturated rings. The van der Waals surface area contributed by atoms with Crippen molar-refractivity contribution in [3.05, 3.63) is 57.8 Å². The van der Waals surface area contributed by atoms with Gasteiger partial charge in [0.25, 0.3) is 5.56 Å². The number of carbonyl (C=O) groups is 1. The van der Waals surface area contributed by atoms with E-state index in [4.69, 9.17) is 9.47 Å². The van der Waals surface area contributed by atoms with Gasteiger partial charge in [-0.25, -0.2) is 9.37 Å². The molecule has 1 amide bonds. The topological polar surface area (TPSA) is 96.5 Å². The van der Waals surface area contributed by atoms with E-state index in [9.17, 15) is 14.0 Å². The van der Waals surface area contributed by atoms with E-state index in [1.165, 1.54) is 25.3 Å². The molecule has 3 rings (SSSR count). The smallest absolute Gasteiger partial charge is 0.252 e. The third-order valence-corrected chi connectivity index (χ3v) is 4.39. The highest BCUT2D eigenvalue weighted by molar-refractivity contribution is 5.77. The monoisotopic (exact) mass is 390 g/mol. The molecule has 1 atom stereocenters. The van der Waals surface area contributed by atoms with E-state index in [0.717, 1.165) is 0 Å². The Balaban J connectivity index is 1.84. The molecule has 0 bridgehead atoms. The second-order valence-corrected chi connectivity index (χ2v) is 6.47. The molecule has 0 saturated carbocycles. The molecule has 2 heterocycles. The molecular weight excluding hydrogens is 367 g/mol. The number of anilines is 1. The van der Waals surface area contributed by atoms with Crippen molar-refractivity contribution in [2.24, 2.45) is 0 Å². The molecule has 1 aliphatic rings. The molecule has 0 unspecified atom stereocenters. The summed E-state index contributed by atoms with van der Waals surface area (Å²) in [6.07, 6.45) is 0.280. The van der Waals surface area contributed by atoms with Gasteiger partial charge >= 0.3 is 0 Å². The van der Waals surface area contributed by atoms with Crippen molar-refractivity contribution in [3.63, 3.8) is 0 Å². The first-order valence-corrected chi connectivity index (χ1v) is 9.02. The summed E-state index contributed by atoms with van der Waals surface area (Å²) in [5, 5.41) is 2.85. The Morgan fingerprint density at radius 2 is 2.07 bits per heavy atom. The first-order chi connectivity index (χ1) is 13.5. The molecular formula is C19H23FN4O4. The minimum Gasteiger partial charge on any atom is -0.378 e. The maximum absolute atomic E-state index is 13.3. The molecule has 0 spiro atoms. The van der Waals surface area contributed by atoms with Gasteiger partial charge in [-0.3, -0.25) is 14.6 Å². The number of ether oxygens (including phenoxy) is 2. The molecule has 0 radical (unpaired) electrons. The van der Waals surface area contributed by atoms with E-state index >= 15 is 0 Å². The van der Waals surface area contributed by atoms with E-state index in [1.54, 1.807) is 12.1 Å². The first-order valence-electron chi connectivity index (χ1n) is 9.02. The zero-order valence-electron chi connectivity index (χ0n) is 15.6. The summed E-state index contributed by atoms with van der Waals surface area (Å²) < 4.78 is 23.5. The molecule has 9 heteroatoms. The summed E-state index contributed by atoms with van der Waals surface area (Å²) in [5.74, 6) is -0.198. The van der Waals surface area contributed by atoms with Crippen LogP contribution in [0.2, 0.25) is 0 Å². The minimum atomic E-state index is -0.477. The van der Waals surface area contributed by atoms with E-state index in [2.05, 4.69) is 15.3 Å². The number of aromatic nitrogens is 2. The molecule has 2 N–H and O–H groups in total. The van der Waals surface area contributed by atoms with Crippen LogP contribution in [0, 0.1) is 5.82 Å². The van der Waals surface area contributed by atoms with Crippen molar-refractivity contribution >= 4 is 11.9 Å². The van der Waals surface area contributed by atoms with Gasteiger partial charge in [0.2, 0.25) is 11.9 Å². The normalized spacial score (nSPS) is 15.3. The third kappa shape index (κ3) is 5.37. The lowest BCUT2D eigenvalue weighted by molar-refractivity contribution is -0.125. The van der Waals surface area contributed by atoms with Crippen LogP contribution >= 0.6 is 0 Å². The largest absolute Gasteiger partial charge is 0.378 e. The molecule has 1 aromatic heterocycles. The van der Waals surface area contributed by atoms with Gasteiger partial charge in [-0.2, -0.15) is 0 Å². The van der Waals surface area contributed by atoms with Gasteiger partial charge in [-0.05, 0) is 17.7 Å². The molecule has 0 aliphatic carbocycles. The number of H-pyrrole nitrogens is 1. The van der Waals surface area contributed by atoms with Crippen LogP contribution in [0.15, 0.2) is 35.1 Å². The number of aromatic amines is 1. The Morgan fingerprint density at radius 1 is 1.36 bits per heavy atom. The van der Waals surface area contributed by atoms with Gasteiger partial charge in [0.15, 0.2) is 0 Å². The third-order valence-electron chi connectivity index (χ3n) is 4.39. The summed E-state index contributed by atoms with van der Waals surface area (Å²) in [6.45, 7) is 2.31. The zero-order chi connectivity index (χ0) is 19.9. The van der Waals surface area contributed by atoms with E-state index in [0.29, 0.717) is 43.5 Å². The summed E-state index contributed by atoms with van der Waals surface area (Å²) in [7, 11) is 1.43. The molecule has 1 saturated heterocycles. The average molecular weight is 390 g/mol. The lowest BCUT2D eigenvalue weighted by Gasteiger charge is -2.27. The fourth-order valence-electron chi connectivity index (χ4n) is 3.05. The Morgan fingerprint density at radius 3 is 2.75 bits per heavy atom. The molecule has 2 aromatic rings. The number of amides is 1. The number of nitrogens with one attached hydrogen (secondary N) is 2. The Labute approximate surface area is 161 Å². The Hall–Kier alpha value is -2.78. The zero-order valence-corrected chi connectivity index (χ0v) is 15.6. The van der Waals surface area contributed by atoms with Crippen molar-refractivity contribution in [2.75, 3.05) is 44.9 Å². The molecule has 1 aromatic carbocycles. The maximum atomic E-state index is 13.3. The van der Waals surface area contributed by atoms with Gasteiger partial charge in [0, 0.05) is 32.7 Å². The van der Waals surface area contributed by atoms with E-state index in [1.807, 2.05) is 4.90 Å². The number of hydrogen-bond donors (Lipinski definition) is 2. The number of methoxy groups -OCH3 is 1. The highest BCUT2D eigenvalue weighted by atomic mass is 19.1. The van der Waals surface area contributed by atoms with Crippen LogP contribution in [-0.2, 0) is 20.7 Å². The van der Waals surface area contributed by atoms with Gasteiger partial charge in [-0.15, -0.1) is 0 Å². The molecule has 8 nitrogen and oxygen atoms in total. The second-order valence-electron chi connectivity index (χ2n) is 6.47. The summed E-state index contributed by atoms with van der Waals surface area (Å²) in [5.41, 5.74) is 0.964. The van der Waals surface area contributed by atoms with Gasteiger partial charge in [0.05, 0.1) is 24.9 Å². The SMILES string of the molecule is COCC(=O)N[C@@H](Cc1cc(=O)[nH]c(N2CCOCC2)n1)c1ccc(F)cc1. The lowest BCUT2D eigenvalue weighted by Crippen LogP contribution is -2.38. The maximum Gasteiger partial charge on any atom is 0.252 e. The molecule has 28 heavy (non-hydrogen) atoms. The fourth-order valence-corrected chi connectivity index (χ4v) is 3.05. The number of carbonyl (C=O) groups excluding carboxylic acids is 1. The van der Waals surface area contributed by atoms with Crippen LogP contribution in [0.5, 0.6) is 0 Å². The quantitative estimate of drug-likeness (QED) is 0.726. The number of morpholine rings is 1. The van der Waals surface area contributed by atoms with Gasteiger partial charge in [0.1, 0.15) is 12.4 Å². The highest BCUT2D eigenvalue weighted by Crippen LogP contribution is 2.19. The Bertz CT molecular complexity index is 850. The number of halogens is 1. The van der Waals surface area contributed by atoms with Crippen molar-refractivity contribution in [3.8, 4) is 0 Å². The van der Waals surface area contributed by atoms with Crippen molar-refractivity contribution < 1.29 is 18.7 Å². The molecule has 150 valence electrons. The second kappa shape index (κ2) is 9.43. The van der Waals surface area contributed by atoms with Crippen molar-refractivity contribution in [2.45, 2.75) is 12.5 Å².